The van der Waals surface area contributed by atoms with Gasteiger partial charge in [-0.3, -0.25) is 0 Å². The maximum absolute atomic E-state index is 4.63. The molecule has 5 heterocycles. The van der Waals surface area contributed by atoms with Crippen molar-refractivity contribution in [2.75, 3.05) is 0 Å². The largest absolute Gasteiger partial charge is 0.237 e. The van der Waals surface area contributed by atoms with Crippen molar-refractivity contribution in [1.82, 2.24) is 4.98 Å². The standard InChI is InChI=1S/C22H18N2S3/c1-13-22(2,3)15-11-14(12-23-21(15)24-13)16-6-7-19(26-16)20-9-8-18(27-20)17-5-4-10-25-17/h4-12H,1-3H3. The summed E-state index contributed by atoms with van der Waals surface area (Å²) in [6.45, 7) is 6.54. The normalized spacial score (nSPS) is 15.0. The molecule has 0 N–H and O–H groups in total. The van der Waals surface area contributed by atoms with E-state index < -0.39 is 0 Å². The lowest BCUT2D eigenvalue weighted by atomic mass is 9.82. The molecule has 0 spiro atoms. The molecule has 2 nitrogen and oxygen atoms in total. The molecule has 1 aliphatic rings. The zero-order valence-corrected chi connectivity index (χ0v) is 17.8. The van der Waals surface area contributed by atoms with Crippen LogP contribution in [-0.4, -0.2) is 10.7 Å². The second kappa shape index (κ2) is 6.23. The lowest BCUT2D eigenvalue weighted by Gasteiger charge is -2.19. The van der Waals surface area contributed by atoms with Crippen molar-refractivity contribution < 1.29 is 0 Å². The van der Waals surface area contributed by atoms with Crippen LogP contribution in [0, 0.1) is 0 Å². The summed E-state index contributed by atoms with van der Waals surface area (Å²) in [7, 11) is 0. The summed E-state index contributed by atoms with van der Waals surface area (Å²) in [6, 6.07) is 15.5. The van der Waals surface area contributed by atoms with Crippen LogP contribution in [0.1, 0.15) is 26.3 Å². The van der Waals surface area contributed by atoms with Gasteiger partial charge >= 0.3 is 0 Å². The van der Waals surface area contributed by atoms with Crippen LogP contribution in [0.25, 0.3) is 29.9 Å². The van der Waals surface area contributed by atoms with E-state index in [0.29, 0.717) is 0 Å². The third kappa shape index (κ3) is 2.81. The summed E-state index contributed by atoms with van der Waals surface area (Å²) in [5, 5.41) is 2.13. The number of hydrogen-bond acceptors (Lipinski definition) is 5. The van der Waals surface area contributed by atoms with Gasteiger partial charge in [0.05, 0.1) is 0 Å². The van der Waals surface area contributed by atoms with Crippen molar-refractivity contribution in [2.24, 2.45) is 4.99 Å². The first kappa shape index (κ1) is 17.0. The van der Waals surface area contributed by atoms with Gasteiger partial charge in [0.1, 0.15) is 0 Å². The van der Waals surface area contributed by atoms with Gasteiger partial charge in [-0.2, -0.15) is 0 Å². The summed E-state index contributed by atoms with van der Waals surface area (Å²) in [6.07, 6.45) is 1.96. The Balaban J connectivity index is 1.48. The third-order valence-corrected chi connectivity index (χ3v) is 8.70. The highest BCUT2D eigenvalue weighted by Gasteiger charge is 2.33. The molecule has 0 bridgehead atoms. The molecule has 0 saturated heterocycles. The van der Waals surface area contributed by atoms with E-state index in [2.05, 4.69) is 78.6 Å². The van der Waals surface area contributed by atoms with E-state index in [9.17, 15) is 0 Å². The molecule has 27 heavy (non-hydrogen) atoms. The first-order valence-electron chi connectivity index (χ1n) is 8.83. The quantitative estimate of drug-likeness (QED) is 0.343. The number of hydrogen-bond donors (Lipinski definition) is 0. The maximum Gasteiger partial charge on any atom is 0.155 e. The monoisotopic (exact) mass is 406 g/mol. The minimum atomic E-state index is -0.0399. The number of aliphatic imine (C=N–C) groups is 1. The number of fused-ring (bicyclic) bond motifs is 1. The average molecular weight is 407 g/mol. The predicted octanol–water partition coefficient (Wildman–Crippen LogP) is 7.65. The van der Waals surface area contributed by atoms with Crippen molar-refractivity contribution in [1.29, 1.82) is 0 Å². The minimum Gasteiger partial charge on any atom is -0.237 e. The van der Waals surface area contributed by atoms with Gasteiger partial charge in [0, 0.05) is 52.8 Å². The molecule has 4 aromatic heterocycles. The van der Waals surface area contributed by atoms with E-state index in [4.69, 9.17) is 0 Å². The number of rotatable bonds is 3. The number of thiophene rings is 3. The highest BCUT2D eigenvalue weighted by molar-refractivity contribution is 7.27. The van der Waals surface area contributed by atoms with E-state index in [0.717, 1.165) is 11.5 Å². The molecule has 0 saturated carbocycles. The first-order valence-corrected chi connectivity index (χ1v) is 11.3. The fourth-order valence-corrected chi connectivity index (χ4v) is 6.20. The summed E-state index contributed by atoms with van der Waals surface area (Å²) >= 11 is 5.48. The topological polar surface area (TPSA) is 25.2 Å². The number of nitrogens with zero attached hydrogens (tertiary/aromatic N) is 2. The lowest BCUT2D eigenvalue weighted by Crippen LogP contribution is -2.22. The highest BCUT2D eigenvalue weighted by Crippen LogP contribution is 2.44. The van der Waals surface area contributed by atoms with Crippen molar-refractivity contribution in [3.8, 4) is 29.9 Å². The summed E-state index contributed by atoms with van der Waals surface area (Å²) in [5.74, 6) is 0.872. The van der Waals surface area contributed by atoms with Gasteiger partial charge in [0.15, 0.2) is 5.82 Å². The molecule has 0 radical (unpaired) electrons. The molecule has 0 fully saturated rings. The van der Waals surface area contributed by atoms with Gasteiger partial charge in [0.25, 0.3) is 0 Å². The summed E-state index contributed by atoms with van der Waals surface area (Å²) < 4.78 is 0. The Kier molecular flexibility index (Phi) is 3.93. The second-order valence-electron chi connectivity index (χ2n) is 7.22. The molecule has 134 valence electrons. The van der Waals surface area contributed by atoms with E-state index in [1.54, 1.807) is 11.3 Å². The maximum atomic E-state index is 4.63. The average Bonchev–Trinajstić information content (AvgIpc) is 3.42. The third-order valence-electron chi connectivity index (χ3n) is 5.22. The van der Waals surface area contributed by atoms with Crippen LogP contribution < -0.4 is 0 Å². The van der Waals surface area contributed by atoms with Gasteiger partial charge in [-0.1, -0.05) is 19.9 Å². The molecule has 0 aromatic carbocycles. The number of pyridine rings is 1. The fraction of sp³-hybridized carbons (Fsp3) is 0.182. The van der Waals surface area contributed by atoms with Gasteiger partial charge < -0.3 is 0 Å². The highest BCUT2D eigenvalue weighted by atomic mass is 32.1. The van der Waals surface area contributed by atoms with Crippen LogP contribution in [0.2, 0.25) is 0 Å². The Morgan fingerprint density at radius 2 is 1.52 bits per heavy atom. The van der Waals surface area contributed by atoms with Gasteiger partial charge in [-0.25, -0.2) is 9.98 Å². The molecule has 5 heteroatoms. The van der Waals surface area contributed by atoms with Crippen LogP contribution in [0.4, 0.5) is 5.82 Å². The van der Waals surface area contributed by atoms with Gasteiger partial charge in [-0.15, -0.1) is 34.0 Å². The zero-order valence-electron chi connectivity index (χ0n) is 15.3. The Hall–Kier alpha value is -2.08. The first-order chi connectivity index (χ1) is 13.0. The van der Waals surface area contributed by atoms with Gasteiger partial charge in [-0.05, 0) is 48.7 Å². The lowest BCUT2D eigenvalue weighted by molar-refractivity contribution is 0.731. The Labute approximate surface area is 170 Å². The zero-order chi connectivity index (χ0) is 18.6. The van der Waals surface area contributed by atoms with Crippen LogP contribution in [0.3, 0.4) is 0 Å². The molecule has 5 rings (SSSR count). The Bertz CT molecular complexity index is 1160. The summed E-state index contributed by atoms with van der Waals surface area (Å²) in [5.41, 5.74) is 3.50. The molecular formula is C22H18N2S3. The molecule has 0 atom stereocenters. The van der Waals surface area contributed by atoms with Crippen LogP contribution in [0.15, 0.2) is 59.0 Å². The molecule has 4 aromatic rings. The van der Waals surface area contributed by atoms with Crippen LogP contribution >= 0.6 is 34.0 Å². The number of aromatic nitrogens is 1. The van der Waals surface area contributed by atoms with Crippen molar-refractivity contribution in [2.45, 2.75) is 26.2 Å². The van der Waals surface area contributed by atoms with E-state index in [-0.39, 0.29) is 5.41 Å². The molecule has 0 amide bonds. The van der Waals surface area contributed by atoms with Crippen molar-refractivity contribution in [3.05, 3.63) is 59.6 Å². The van der Waals surface area contributed by atoms with E-state index in [1.807, 2.05) is 28.9 Å². The van der Waals surface area contributed by atoms with Crippen molar-refractivity contribution >= 4 is 45.5 Å². The van der Waals surface area contributed by atoms with Crippen LogP contribution in [-0.2, 0) is 5.41 Å². The molecule has 0 unspecified atom stereocenters. The van der Waals surface area contributed by atoms with Crippen molar-refractivity contribution in [3.63, 3.8) is 0 Å². The molecule has 0 aliphatic carbocycles. The summed E-state index contributed by atoms with van der Waals surface area (Å²) in [4.78, 5) is 15.8. The SMILES string of the molecule is CC1=Nc2ncc(-c3ccc(-c4ccc(-c5cccs5)s4)s3)cc2C1(C)C. The van der Waals surface area contributed by atoms with E-state index in [1.165, 1.54) is 35.5 Å². The van der Waals surface area contributed by atoms with Gasteiger partial charge in [0.2, 0.25) is 0 Å². The predicted molar refractivity (Wildman–Crippen MR) is 120 cm³/mol. The Morgan fingerprint density at radius 3 is 2.22 bits per heavy atom. The smallest absolute Gasteiger partial charge is 0.155 e. The van der Waals surface area contributed by atoms with Crippen LogP contribution in [0.5, 0.6) is 0 Å². The Morgan fingerprint density at radius 1 is 0.852 bits per heavy atom. The molecular weight excluding hydrogens is 388 g/mol. The minimum absolute atomic E-state index is 0.0399. The van der Waals surface area contributed by atoms with E-state index >= 15 is 0 Å². The molecule has 1 aliphatic heterocycles. The fourth-order valence-electron chi connectivity index (χ4n) is 3.28. The second-order valence-corrected chi connectivity index (χ2v) is 10.3.